The van der Waals surface area contributed by atoms with Gasteiger partial charge in [0.15, 0.2) is 0 Å². The second-order valence-corrected chi connectivity index (χ2v) is 7.19. The van der Waals surface area contributed by atoms with Crippen LogP contribution in [0.4, 0.5) is 5.82 Å². The van der Waals surface area contributed by atoms with Gasteiger partial charge in [0, 0.05) is 25.8 Å². The van der Waals surface area contributed by atoms with Gasteiger partial charge in [-0.2, -0.15) is 0 Å². The molecule has 2 rings (SSSR count). The molecule has 0 saturated carbocycles. The molecule has 1 fully saturated rings. The average molecular weight is 361 g/mol. The zero-order valence-corrected chi connectivity index (χ0v) is 15.8. The normalized spacial score (nSPS) is 16.1. The van der Waals surface area contributed by atoms with E-state index in [1.165, 1.54) is 25.7 Å². The zero-order valence-electron chi connectivity index (χ0n) is 15.8. The van der Waals surface area contributed by atoms with Crippen molar-refractivity contribution >= 4 is 17.6 Å². The highest BCUT2D eigenvalue weighted by Gasteiger charge is 2.17. The van der Waals surface area contributed by atoms with Crippen molar-refractivity contribution < 1.29 is 9.59 Å². The molecule has 1 aliphatic rings. The van der Waals surface area contributed by atoms with Crippen LogP contribution < -0.4 is 21.3 Å². The molecule has 1 aromatic rings. The number of rotatable bonds is 7. The molecular weight excluding hydrogens is 330 g/mol. The molecule has 7 heteroatoms. The lowest BCUT2D eigenvalue weighted by molar-refractivity contribution is -0.127. The van der Waals surface area contributed by atoms with Crippen molar-refractivity contribution in [3.63, 3.8) is 0 Å². The highest BCUT2D eigenvalue weighted by molar-refractivity contribution is 5.87. The third kappa shape index (κ3) is 6.29. The number of nitrogens with one attached hydrogen (secondary N) is 2. The smallest absolute Gasteiger partial charge is 0.239 e. The van der Waals surface area contributed by atoms with E-state index in [1.54, 1.807) is 6.20 Å². The van der Waals surface area contributed by atoms with Gasteiger partial charge in [-0.05, 0) is 30.4 Å². The molecule has 0 radical (unpaired) electrons. The van der Waals surface area contributed by atoms with Gasteiger partial charge in [-0.25, -0.2) is 4.98 Å². The van der Waals surface area contributed by atoms with Crippen LogP contribution in [-0.2, 0) is 16.1 Å². The van der Waals surface area contributed by atoms with Crippen molar-refractivity contribution in [2.45, 2.75) is 52.1 Å². The SMILES string of the molecule is CC(C)[C@H](N)C(=O)NCC(=O)NCc1ccc(N2CCCCCC2)nc1. The minimum absolute atomic E-state index is 0.0341. The third-order valence-corrected chi connectivity index (χ3v) is 4.67. The number of nitrogens with zero attached hydrogens (tertiary/aromatic N) is 2. The molecule has 2 heterocycles. The maximum atomic E-state index is 11.9. The van der Waals surface area contributed by atoms with Gasteiger partial charge in [0.1, 0.15) is 5.82 Å². The number of nitrogens with two attached hydrogens (primary N) is 1. The Kier molecular flexibility index (Phi) is 7.84. The largest absolute Gasteiger partial charge is 0.357 e. The van der Waals surface area contributed by atoms with E-state index in [1.807, 2.05) is 26.0 Å². The summed E-state index contributed by atoms with van der Waals surface area (Å²) in [5.41, 5.74) is 6.67. The van der Waals surface area contributed by atoms with E-state index >= 15 is 0 Å². The molecule has 0 aromatic carbocycles. The average Bonchev–Trinajstić information content (AvgIpc) is 2.93. The number of anilines is 1. The second-order valence-electron chi connectivity index (χ2n) is 7.19. The van der Waals surface area contributed by atoms with Crippen LogP contribution in [0, 0.1) is 5.92 Å². The summed E-state index contributed by atoms with van der Waals surface area (Å²) in [5, 5.41) is 5.34. The van der Waals surface area contributed by atoms with Crippen LogP contribution in [0.1, 0.15) is 45.1 Å². The molecule has 1 aromatic heterocycles. The summed E-state index contributed by atoms with van der Waals surface area (Å²) in [6.07, 6.45) is 6.81. The maximum Gasteiger partial charge on any atom is 0.239 e. The lowest BCUT2D eigenvalue weighted by Crippen LogP contribution is -2.47. The molecule has 0 unspecified atom stereocenters. The van der Waals surface area contributed by atoms with Crippen molar-refractivity contribution in [1.29, 1.82) is 0 Å². The summed E-state index contributed by atoms with van der Waals surface area (Å²) in [6, 6.07) is 3.40. The Labute approximate surface area is 155 Å². The van der Waals surface area contributed by atoms with Crippen molar-refractivity contribution in [3.8, 4) is 0 Å². The lowest BCUT2D eigenvalue weighted by Gasteiger charge is -2.21. The zero-order chi connectivity index (χ0) is 18.9. The van der Waals surface area contributed by atoms with Crippen molar-refractivity contribution in [1.82, 2.24) is 15.6 Å². The van der Waals surface area contributed by atoms with E-state index < -0.39 is 6.04 Å². The Bertz CT molecular complexity index is 580. The monoisotopic (exact) mass is 361 g/mol. The first-order chi connectivity index (χ1) is 12.5. The summed E-state index contributed by atoms with van der Waals surface area (Å²) in [4.78, 5) is 30.5. The molecule has 144 valence electrons. The number of carbonyl (C=O) groups excluding carboxylic acids is 2. The number of amides is 2. The molecule has 0 bridgehead atoms. The van der Waals surface area contributed by atoms with Crippen LogP contribution in [-0.4, -0.2) is 42.5 Å². The molecule has 1 atom stereocenters. The van der Waals surface area contributed by atoms with Crippen LogP contribution in [0.2, 0.25) is 0 Å². The Morgan fingerprint density at radius 1 is 1.15 bits per heavy atom. The molecule has 1 saturated heterocycles. The number of carbonyl (C=O) groups is 2. The third-order valence-electron chi connectivity index (χ3n) is 4.67. The second kappa shape index (κ2) is 10.1. The van der Waals surface area contributed by atoms with Crippen LogP contribution in [0.5, 0.6) is 0 Å². The quantitative estimate of drug-likeness (QED) is 0.677. The first kappa shape index (κ1) is 20.2. The van der Waals surface area contributed by atoms with Gasteiger partial charge in [0.25, 0.3) is 0 Å². The molecular formula is C19H31N5O2. The predicted molar refractivity (Wildman–Crippen MR) is 103 cm³/mol. The van der Waals surface area contributed by atoms with E-state index in [-0.39, 0.29) is 24.3 Å². The van der Waals surface area contributed by atoms with Crippen molar-refractivity contribution in [3.05, 3.63) is 23.9 Å². The highest BCUT2D eigenvalue weighted by Crippen LogP contribution is 2.17. The van der Waals surface area contributed by atoms with Crippen LogP contribution in [0.15, 0.2) is 18.3 Å². The van der Waals surface area contributed by atoms with Gasteiger partial charge >= 0.3 is 0 Å². The van der Waals surface area contributed by atoms with Gasteiger partial charge in [0.2, 0.25) is 11.8 Å². The van der Waals surface area contributed by atoms with Gasteiger partial charge in [0.05, 0.1) is 12.6 Å². The Morgan fingerprint density at radius 3 is 2.42 bits per heavy atom. The van der Waals surface area contributed by atoms with Gasteiger partial charge in [-0.3, -0.25) is 9.59 Å². The molecule has 0 spiro atoms. The van der Waals surface area contributed by atoms with E-state index in [9.17, 15) is 9.59 Å². The van der Waals surface area contributed by atoms with E-state index in [0.717, 1.165) is 24.5 Å². The molecule has 2 amide bonds. The van der Waals surface area contributed by atoms with Gasteiger partial charge in [-0.1, -0.05) is 32.8 Å². The number of hydrogen-bond donors (Lipinski definition) is 3. The Hall–Kier alpha value is -2.15. The van der Waals surface area contributed by atoms with Crippen LogP contribution in [0.25, 0.3) is 0 Å². The fraction of sp³-hybridized carbons (Fsp3) is 0.632. The first-order valence-electron chi connectivity index (χ1n) is 9.47. The summed E-state index contributed by atoms with van der Waals surface area (Å²) < 4.78 is 0. The van der Waals surface area contributed by atoms with Crippen LogP contribution >= 0.6 is 0 Å². The maximum absolute atomic E-state index is 11.9. The minimum Gasteiger partial charge on any atom is -0.357 e. The number of aromatic nitrogens is 1. The molecule has 4 N–H and O–H groups in total. The number of pyridine rings is 1. The fourth-order valence-corrected chi connectivity index (χ4v) is 2.86. The number of hydrogen-bond acceptors (Lipinski definition) is 5. The topological polar surface area (TPSA) is 100 Å². The summed E-state index contributed by atoms with van der Waals surface area (Å²) in [7, 11) is 0. The summed E-state index contributed by atoms with van der Waals surface area (Å²) >= 11 is 0. The molecule has 26 heavy (non-hydrogen) atoms. The van der Waals surface area contributed by atoms with E-state index in [4.69, 9.17) is 5.73 Å². The van der Waals surface area contributed by atoms with E-state index in [2.05, 4.69) is 20.5 Å². The van der Waals surface area contributed by atoms with Crippen molar-refractivity contribution in [2.75, 3.05) is 24.5 Å². The van der Waals surface area contributed by atoms with Crippen LogP contribution in [0.3, 0.4) is 0 Å². The molecule has 7 nitrogen and oxygen atoms in total. The lowest BCUT2D eigenvalue weighted by atomic mass is 10.1. The minimum atomic E-state index is -0.599. The van der Waals surface area contributed by atoms with Gasteiger partial charge < -0.3 is 21.3 Å². The van der Waals surface area contributed by atoms with E-state index in [0.29, 0.717) is 6.54 Å². The molecule has 0 aliphatic carbocycles. The summed E-state index contributed by atoms with van der Waals surface area (Å²) in [6.45, 7) is 6.17. The Morgan fingerprint density at radius 2 is 1.85 bits per heavy atom. The van der Waals surface area contributed by atoms with Crippen molar-refractivity contribution in [2.24, 2.45) is 11.7 Å². The molecule has 1 aliphatic heterocycles. The fourth-order valence-electron chi connectivity index (χ4n) is 2.86. The summed E-state index contributed by atoms with van der Waals surface area (Å²) in [5.74, 6) is 0.480. The standard InChI is InChI=1S/C19H31N5O2/c1-14(2)18(20)19(26)23-13-17(25)22-12-15-7-8-16(21-11-15)24-9-5-3-4-6-10-24/h7-8,11,14,18H,3-6,9-10,12-13,20H2,1-2H3,(H,22,25)(H,23,26)/t18-/m0/s1. The Balaban J connectivity index is 1.75. The highest BCUT2D eigenvalue weighted by atomic mass is 16.2. The first-order valence-corrected chi connectivity index (χ1v) is 9.47. The van der Waals surface area contributed by atoms with Gasteiger partial charge in [-0.15, -0.1) is 0 Å². The predicted octanol–water partition coefficient (Wildman–Crippen LogP) is 1.18.